The highest BCUT2D eigenvalue weighted by molar-refractivity contribution is 5.91. The average Bonchev–Trinajstić information content (AvgIpc) is 2.59. The number of carbonyl (C=O) groups excluding carboxylic acids is 1. The molecule has 1 fully saturated rings. The first-order valence-electron chi connectivity index (χ1n) is 7.86. The fraction of sp³-hybridized carbons (Fsp3) is 0.529. The summed E-state index contributed by atoms with van der Waals surface area (Å²) in [6.45, 7) is 1.01. The van der Waals surface area contributed by atoms with Gasteiger partial charge in [0.25, 0.3) is 0 Å². The lowest BCUT2D eigenvalue weighted by atomic mass is 9.73. The third kappa shape index (κ3) is 4.10. The zero-order chi connectivity index (χ0) is 17.6. The molecule has 1 aromatic carbocycles. The Labute approximate surface area is 139 Å². The number of aliphatic carboxylic acids is 1. The maximum absolute atomic E-state index is 13.2. The fourth-order valence-electron chi connectivity index (χ4n) is 2.93. The number of nitrogens with one attached hydrogen (secondary N) is 1. The minimum Gasteiger partial charge on any atom is -0.480 e. The van der Waals surface area contributed by atoms with Crippen molar-refractivity contribution in [3.63, 3.8) is 0 Å². The number of halogens is 1. The van der Waals surface area contributed by atoms with Crippen molar-refractivity contribution in [3.05, 3.63) is 35.6 Å². The van der Waals surface area contributed by atoms with Gasteiger partial charge in [0.2, 0.25) is 5.91 Å². The molecule has 0 bridgehead atoms. The smallest absolute Gasteiger partial charge is 0.326 e. The Morgan fingerprint density at radius 1 is 1.33 bits per heavy atom. The summed E-state index contributed by atoms with van der Waals surface area (Å²) in [4.78, 5) is 24.3. The third-order valence-corrected chi connectivity index (χ3v) is 4.39. The number of ether oxygens (including phenoxy) is 2. The van der Waals surface area contributed by atoms with Crippen molar-refractivity contribution in [2.75, 3.05) is 26.9 Å². The zero-order valence-electron chi connectivity index (χ0n) is 13.6. The molecular weight excluding hydrogens is 317 g/mol. The van der Waals surface area contributed by atoms with Crippen LogP contribution < -0.4 is 5.32 Å². The van der Waals surface area contributed by atoms with Gasteiger partial charge in [0.05, 0.1) is 5.41 Å². The van der Waals surface area contributed by atoms with Crippen LogP contribution in [0.25, 0.3) is 0 Å². The monoisotopic (exact) mass is 339 g/mol. The van der Waals surface area contributed by atoms with Crippen LogP contribution in [-0.4, -0.2) is 50.0 Å². The van der Waals surface area contributed by atoms with Gasteiger partial charge in [0.15, 0.2) is 0 Å². The van der Waals surface area contributed by atoms with E-state index in [1.807, 2.05) is 0 Å². The summed E-state index contributed by atoms with van der Waals surface area (Å²) in [5.41, 5.74) is -0.243. The predicted octanol–water partition coefficient (Wildman–Crippen LogP) is 1.48. The number of hydrogen-bond acceptors (Lipinski definition) is 4. The number of benzene rings is 1. The van der Waals surface area contributed by atoms with Gasteiger partial charge in [-0.1, -0.05) is 12.1 Å². The van der Waals surface area contributed by atoms with Crippen LogP contribution in [0.4, 0.5) is 4.39 Å². The Balaban J connectivity index is 2.24. The number of amides is 1. The van der Waals surface area contributed by atoms with Crippen LogP contribution >= 0.6 is 0 Å². The Kier molecular flexibility index (Phi) is 6.28. The molecule has 1 heterocycles. The molecule has 1 aromatic rings. The van der Waals surface area contributed by atoms with Crippen molar-refractivity contribution < 1.29 is 28.6 Å². The molecule has 0 saturated carbocycles. The van der Waals surface area contributed by atoms with Crippen molar-refractivity contribution in [2.24, 2.45) is 0 Å². The van der Waals surface area contributed by atoms with Crippen molar-refractivity contribution >= 4 is 11.9 Å². The molecule has 1 aliphatic heterocycles. The Hall–Kier alpha value is -1.99. The van der Waals surface area contributed by atoms with Crippen molar-refractivity contribution in [1.29, 1.82) is 0 Å². The van der Waals surface area contributed by atoms with Crippen LogP contribution in [-0.2, 0) is 24.5 Å². The van der Waals surface area contributed by atoms with Crippen LogP contribution in [0.5, 0.6) is 0 Å². The normalized spacial score (nSPS) is 17.9. The summed E-state index contributed by atoms with van der Waals surface area (Å²) in [5.74, 6) is -1.87. The highest BCUT2D eigenvalue weighted by atomic mass is 19.1. The van der Waals surface area contributed by atoms with E-state index >= 15 is 0 Å². The molecule has 0 radical (unpaired) electrons. The van der Waals surface area contributed by atoms with Gasteiger partial charge in [0, 0.05) is 33.4 Å². The highest BCUT2D eigenvalue weighted by Crippen LogP contribution is 2.35. The average molecular weight is 339 g/mol. The molecule has 6 nitrogen and oxygen atoms in total. The molecule has 1 atom stereocenters. The summed E-state index contributed by atoms with van der Waals surface area (Å²) < 4.78 is 23.5. The van der Waals surface area contributed by atoms with E-state index in [0.717, 1.165) is 0 Å². The maximum atomic E-state index is 13.2. The predicted molar refractivity (Wildman–Crippen MR) is 84.2 cm³/mol. The Morgan fingerprint density at radius 2 is 1.96 bits per heavy atom. The molecule has 132 valence electrons. The van der Waals surface area contributed by atoms with Gasteiger partial charge in [-0.15, -0.1) is 0 Å². The van der Waals surface area contributed by atoms with Crippen LogP contribution in [0.15, 0.2) is 24.3 Å². The first-order chi connectivity index (χ1) is 11.5. The summed E-state index contributed by atoms with van der Waals surface area (Å²) >= 11 is 0. The minimum atomic E-state index is -1.11. The summed E-state index contributed by atoms with van der Waals surface area (Å²) in [5, 5.41) is 11.9. The largest absolute Gasteiger partial charge is 0.480 e. The SMILES string of the molecule is COCCC(NC(=O)C1(c2ccc(F)cc2)CCOCC1)C(=O)O. The van der Waals surface area contributed by atoms with E-state index in [1.54, 1.807) is 12.1 Å². The van der Waals surface area contributed by atoms with E-state index in [9.17, 15) is 19.1 Å². The third-order valence-electron chi connectivity index (χ3n) is 4.39. The maximum Gasteiger partial charge on any atom is 0.326 e. The Bertz CT molecular complexity index is 569. The van der Waals surface area contributed by atoms with Crippen LogP contribution in [0.2, 0.25) is 0 Å². The van der Waals surface area contributed by atoms with E-state index in [4.69, 9.17) is 9.47 Å². The number of methoxy groups -OCH3 is 1. The molecule has 1 amide bonds. The quantitative estimate of drug-likeness (QED) is 0.786. The number of carboxylic acids is 1. The molecule has 2 rings (SSSR count). The van der Waals surface area contributed by atoms with Crippen molar-refractivity contribution in [3.8, 4) is 0 Å². The lowest BCUT2D eigenvalue weighted by Crippen LogP contribution is -2.53. The van der Waals surface area contributed by atoms with Gasteiger partial charge in [-0.05, 0) is 30.5 Å². The van der Waals surface area contributed by atoms with E-state index in [-0.39, 0.29) is 24.8 Å². The van der Waals surface area contributed by atoms with E-state index in [2.05, 4.69) is 5.32 Å². The van der Waals surface area contributed by atoms with E-state index < -0.39 is 17.4 Å². The van der Waals surface area contributed by atoms with Crippen LogP contribution in [0, 0.1) is 5.82 Å². The van der Waals surface area contributed by atoms with Crippen LogP contribution in [0.1, 0.15) is 24.8 Å². The molecule has 0 spiro atoms. The van der Waals surface area contributed by atoms with E-state index in [1.165, 1.54) is 19.2 Å². The molecular formula is C17H22FNO5. The molecule has 7 heteroatoms. The number of rotatable bonds is 7. The second kappa shape index (κ2) is 8.21. The Morgan fingerprint density at radius 3 is 2.50 bits per heavy atom. The summed E-state index contributed by atoms with van der Waals surface area (Å²) in [7, 11) is 1.47. The second-order valence-corrected chi connectivity index (χ2v) is 5.85. The highest BCUT2D eigenvalue weighted by Gasteiger charge is 2.43. The van der Waals surface area contributed by atoms with Gasteiger partial charge in [-0.25, -0.2) is 9.18 Å². The first kappa shape index (κ1) is 18.4. The van der Waals surface area contributed by atoms with E-state index in [0.29, 0.717) is 31.6 Å². The molecule has 2 N–H and O–H groups in total. The molecule has 1 aliphatic rings. The minimum absolute atomic E-state index is 0.174. The van der Waals surface area contributed by atoms with Crippen LogP contribution in [0.3, 0.4) is 0 Å². The fourth-order valence-corrected chi connectivity index (χ4v) is 2.93. The topological polar surface area (TPSA) is 84.9 Å². The first-order valence-corrected chi connectivity index (χ1v) is 7.86. The standard InChI is InChI=1S/C17H22FNO5/c1-23-9-6-14(15(20)21)19-16(22)17(7-10-24-11-8-17)12-2-4-13(18)5-3-12/h2-5,14H,6-11H2,1H3,(H,19,22)(H,20,21). The van der Waals surface area contributed by atoms with Gasteiger partial charge < -0.3 is 19.9 Å². The summed E-state index contributed by atoms with van der Waals surface area (Å²) in [6.07, 6.45) is 1.01. The lowest BCUT2D eigenvalue weighted by Gasteiger charge is -2.37. The van der Waals surface area contributed by atoms with Crippen molar-refractivity contribution in [2.45, 2.75) is 30.7 Å². The molecule has 24 heavy (non-hydrogen) atoms. The number of hydrogen-bond donors (Lipinski definition) is 2. The van der Waals surface area contributed by atoms with Gasteiger partial charge in [-0.2, -0.15) is 0 Å². The molecule has 1 saturated heterocycles. The zero-order valence-corrected chi connectivity index (χ0v) is 13.6. The van der Waals surface area contributed by atoms with Gasteiger partial charge in [0.1, 0.15) is 11.9 Å². The molecule has 0 aliphatic carbocycles. The second-order valence-electron chi connectivity index (χ2n) is 5.85. The van der Waals surface area contributed by atoms with Gasteiger partial charge in [-0.3, -0.25) is 4.79 Å². The van der Waals surface area contributed by atoms with Crippen molar-refractivity contribution in [1.82, 2.24) is 5.32 Å². The number of carbonyl (C=O) groups is 2. The van der Waals surface area contributed by atoms with Gasteiger partial charge >= 0.3 is 5.97 Å². The molecule has 1 unspecified atom stereocenters. The molecule has 0 aromatic heterocycles. The summed E-state index contributed by atoms with van der Waals surface area (Å²) in [6, 6.07) is 4.73. The number of carboxylic acid groups (broad SMARTS) is 1. The lowest BCUT2D eigenvalue weighted by molar-refractivity contribution is -0.144.